The largest absolute Gasteiger partial charge is 0.486 e. The molecular formula is C24H16ClN5O4. The first-order chi connectivity index (χ1) is 16.6. The number of amides is 1. The summed E-state index contributed by atoms with van der Waals surface area (Å²) in [4.78, 5) is 30.3. The monoisotopic (exact) mass is 473 g/mol. The molecule has 6 rings (SSSR count). The lowest BCUT2D eigenvalue weighted by atomic mass is 10.1. The number of aromatic nitrogens is 4. The van der Waals surface area contributed by atoms with Crippen LogP contribution in [0.3, 0.4) is 0 Å². The summed E-state index contributed by atoms with van der Waals surface area (Å²) >= 11 is 6.13. The zero-order valence-electron chi connectivity index (χ0n) is 17.6. The number of benzene rings is 2. The van der Waals surface area contributed by atoms with Crippen LogP contribution in [-0.2, 0) is 0 Å². The van der Waals surface area contributed by atoms with Crippen molar-refractivity contribution in [3.63, 3.8) is 0 Å². The van der Waals surface area contributed by atoms with Gasteiger partial charge in [0.25, 0.3) is 11.5 Å². The average Bonchev–Trinajstić information content (AvgIpc) is 3.30. The normalized spacial score (nSPS) is 12.7. The highest BCUT2D eigenvalue weighted by atomic mass is 35.5. The van der Waals surface area contributed by atoms with Gasteiger partial charge in [-0.05, 0) is 42.0 Å². The smallest absolute Gasteiger partial charge is 0.280 e. The van der Waals surface area contributed by atoms with Crippen molar-refractivity contribution in [2.75, 3.05) is 18.6 Å². The van der Waals surface area contributed by atoms with Crippen molar-refractivity contribution >= 4 is 34.1 Å². The second-order valence-corrected chi connectivity index (χ2v) is 8.09. The summed E-state index contributed by atoms with van der Waals surface area (Å²) in [7, 11) is 0. The third kappa shape index (κ3) is 3.34. The maximum absolute atomic E-state index is 13.1. The van der Waals surface area contributed by atoms with E-state index in [0.717, 1.165) is 15.8 Å². The van der Waals surface area contributed by atoms with E-state index in [-0.39, 0.29) is 0 Å². The molecule has 5 aromatic rings. The van der Waals surface area contributed by atoms with E-state index in [1.165, 1.54) is 12.4 Å². The van der Waals surface area contributed by atoms with Crippen molar-refractivity contribution in [2.45, 2.75) is 0 Å². The molecule has 168 valence electrons. The van der Waals surface area contributed by atoms with Crippen LogP contribution in [0.5, 0.6) is 11.5 Å². The zero-order valence-corrected chi connectivity index (χ0v) is 18.3. The number of hydrogen-bond donors (Lipinski definition) is 1. The minimum atomic E-state index is -0.463. The molecule has 1 aliphatic rings. The van der Waals surface area contributed by atoms with Gasteiger partial charge in [-0.3, -0.25) is 15.0 Å². The van der Waals surface area contributed by atoms with E-state index in [9.17, 15) is 9.59 Å². The highest BCUT2D eigenvalue weighted by Gasteiger charge is 2.17. The number of nitrogens with one attached hydrogen (secondary N) is 1. The van der Waals surface area contributed by atoms with Crippen LogP contribution in [0.4, 0.5) is 0 Å². The molecule has 0 bridgehead atoms. The van der Waals surface area contributed by atoms with Crippen molar-refractivity contribution < 1.29 is 14.3 Å². The van der Waals surface area contributed by atoms with Gasteiger partial charge in [0.1, 0.15) is 13.2 Å². The lowest BCUT2D eigenvalue weighted by Crippen LogP contribution is -2.33. The molecule has 0 unspecified atom stereocenters. The van der Waals surface area contributed by atoms with Crippen molar-refractivity contribution in [3.8, 4) is 22.6 Å². The fourth-order valence-electron chi connectivity index (χ4n) is 3.92. The Morgan fingerprint density at radius 2 is 1.88 bits per heavy atom. The minimum Gasteiger partial charge on any atom is -0.486 e. The molecule has 4 heterocycles. The fraction of sp³-hybridized carbons (Fsp3) is 0.0833. The SMILES string of the molecule is O=C(Nn1ccc2c(cnc3c(-c4cccc(Cl)c4)cnn32)c1=O)c1ccc2c(c1)OCCO2. The number of halogens is 1. The van der Waals surface area contributed by atoms with Crippen LogP contribution in [0.15, 0.2) is 71.9 Å². The zero-order chi connectivity index (χ0) is 23.2. The van der Waals surface area contributed by atoms with Gasteiger partial charge < -0.3 is 9.47 Å². The molecule has 0 atom stereocenters. The van der Waals surface area contributed by atoms with Crippen molar-refractivity contribution in [1.29, 1.82) is 0 Å². The third-order valence-corrected chi connectivity index (χ3v) is 5.79. The quantitative estimate of drug-likeness (QED) is 0.430. The molecule has 0 saturated carbocycles. The van der Waals surface area contributed by atoms with Gasteiger partial charge in [-0.25, -0.2) is 14.2 Å². The third-order valence-electron chi connectivity index (χ3n) is 5.56. The van der Waals surface area contributed by atoms with Crippen LogP contribution in [0.25, 0.3) is 27.7 Å². The second-order valence-electron chi connectivity index (χ2n) is 7.65. The molecule has 1 aliphatic heterocycles. The molecule has 34 heavy (non-hydrogen) atoms. The van der Waals surface area contributed by atoms with Crippen LogP contribution >= 0.6 is 11.6 Å². The summed E-state index contributed by atoms with van der Waals surface area (Å²) in [6.45, 7) is 0.874. The maximum atomic E-state index is 13.1. The molecule has 3 aromatic heterocycles. The van der Waals surface area contributed by atoms with Crippen molar-refractivity contribution in [1.82, 2.24) is 19.3 Å². The Labute approximate surface area is 197 Å². The Bertz CT molecular complexity index is 1660. The van der Waals surface area contributed by atoms with E-state index in [2.05, 4.69) is 15.5 Å². The lowest BCUT2D eigenvalue weighted by molar-refractivity contribution is 0.101. The van der Waals surface area contributed by atoms with E-state index in [1.54, 1.807) is 41.0 Å². The summed E-state index contributed by atoms with van der Waals surface area (Å²) < 4.78 is 13.7. The van der Waals surface area contributed by atoms with E-state index in [1.807, 2.05) is 18.2 Å². The van der Waals surface area contributed by atoms with Crippen molar-refractivity contribution in [3.05, 3.63) is 88.1 Å². The van der Waals surface area contributed by atoms with E-state index in [0.29, 0.717) is 51.8 Å². The van der Waals surface area contributed by atoms with Gasteiger partial charge in [-0.1, -0.05) is 23.7 Å². The van der Waals surface area contributed by atoms with E-state index >= 15 is 0 Å². The molecule has 0 aliphatic carbocycles. The number of nitrogens with zero attached hydrogens (tertiary/aromatic N) is 4. The maximum Gasteiger partial charge on any atom is 0.280 e. The summed E-state index contributed by atoms with van der Waals surface area (Å²) in [5.74, 6) is 0.609. The first-order valence-corrected chi connectivity index (χ1v) is 10.8. The Morgan fingerprint density at radius 3 is 2.74 bits per heavy atom. The summed E-state index contributed by atoms with van der Waals surface area (Å²) in [5, 5.41) is 5.33. The van der Waals surface area contributed by atoms with E-state index in [4.69, 9.17) is 21.1 Å². The Hall–Kier alpha value is -4.37. The molecule has 2 aromatic carbocycles. The number of ether oxygens (including phenoxy) is 2. The predicted molar refractivity (Wildman–Crippen MR) is 126 cm³/mol. The number of rotatable bonds is 3. The standard InChI is InChI=1S/C24H16ClN5O4/c25-16-3-1-2-14(10-16)17-13-27-30-19-6-7-29(24(32)18(19)12-26-22(17)30)28-23(31)15-4-5-20-21(11-15)34-9-8-33-20/h1-7,10-13H,8-9H2,(H,28,31). The average molecular weight is 474 g/mol. The highest BCUT2D eigenvalue weighted by Crippen LogP contribution is 2.31. The summed E-state index contributed by atoms with van der Waals surface area (Å²) in [6, 6.07) is 14.0. The van der Waals surface area contributed by atoms with Gasteiger partial charge in [-0.15, -0.1) is 0 Å². The van der Waals surface area contributed by atoms with Gasteiger partial charge in [0.2, 0.25) is 0 Å². The highest BCUT2D eigenvalue weighted by molar-refractivity contribution is 6.30. The molecule has 1 amide bonds. The molecule has 0 saturated heterocycles. The summed E-state index contributed by atoms with van der Waals surface area (Å²) in [5.41, 5.74) is 5.33. The Kier molecular flexibility index (Phi) is 4.70. The number of pyridine rings is 1. The van der Waals surface area contributed by atoms with Gasteiger partial charge in [0.05, 0.1) is 17.1 Å². The Morgan fingerprint density at radius 1 is 1.03 bits per heavy atom. The van der Waals surface area contributed by atoms with Crippen LogP contribution in [-0.4, -0.2) is 38.4 Å². The molecule has 0 fully saturated rings. The van der Waals surface area contributed by atoms with Crippen LogP contribution in [0, 0.1) is 0 Å². The molecule has 10 heteroatoms. The molecular weight excluding hydrogens is 458 g/mol. The Balaban J connectivity index is 1.36. The predicted octanol–water partition coefficient (Wildman–Crippen LogP) is 3.52. The van der Waals surface area contributed by atoms with E-state index < -0.39 is 11.5 Å². The second kappa shape index (κ2) is 7.89. The van der Waals surface area contributed by atoms with Gasteiger partial charge >= 0.3 is 0 Å². The number of carbonyl (C=O) groups excluding carboxylic acids is 1. The molecule has 0 radical (unpaired) electrons. The first-order valence-electron chi connectivity index (χ1n) is 10.4. The van der Waals surface area contributed by atoms with Gasteiger partial charge in [-0.2, -0.15) is 5.10 Å². The number of fused-ring (bicyclic) bond motifs is 4. The first kappa shape index (κ1) is 20.3. The number of carbonyl (C=O) groups is 1. The lowest BCUT2D eigenvalue weighted by Gasteiger charge is -2.18. The fourth-order valence-corrected chi connectivity index (χ4v) is 4.11. The van der Waals surface area contributed by atoms with Gasteiger partial charge in [0, 0.05) is 28.5 Å². The summed E-state index contributed by atoms with van der Waals surface area (Å²) in [6.07, 6.45) is 4.65. The minimum absolute atomic E-state index is 0.304. The van der Waals surface area contributed by atoms with Crippen LogP contribution < -0.4 is 20.5 Å². The topological polar surface area (TPSA) is 99.8 Å². The number of hydrogen-bond acceptors (Lipinski definition) is 6. The van der Waals surface area contributed by atoms with Crippen molar-refractivity contribution in [2.24, 2.45) is 0 Å². The van der Waals surface area contributed by atoms with Gasteiger partial charge in [0.15, 0.2) is 17.1 Å². The van der Waals surface area contributed by atoms with Crippen LogP contribution in [0.2, 0.25) is 5.02 Å². The molecule has 0 spiro atoms. The molecule has 1 N–H and O–H groups in total. The molecule has 9 nitrogen and oxygen atoms in total. The van der Waals surface area contributed by atoms with Crippen LogP contribution in [0.1, 0.15) is 10.4 Å².